The Hall–Kier alpha value is -0.520. The largest absolute Gasteiger partial charge is 0.478 e. The van der Waals surface area contributed by atoms with Gasteiger partial charge < -0.3 is 5.11 Å². The molecule has 118 valence electrons. The first kappa shape index (κ1) is 18.5. The Labute approximate surface area is 140 Å². The van der Waals surface area contributed by atoms with Crippen LogP contribution in [0.4, 0.5) is 0 Å². The highest BCUT2D eigenvalue weighted by molar-refractivity contribution is 14.1. The number of hydrogen-bond acceptors (Lipinski definition) is 4. The molecule has 0 aliphatic carbocycles. The molecule has 1 aromatic carbocycles. The molecule has 9 heteroatoms. The third kappa shape index (κ3) is 5.31. The fraction of sp³-hybridized carbons (Fsp3) is 0.417. The molecule has 0 aliphatic heterocycles. The van der Waals surface area contributed by atoms with Crippen LogP contribution in [0, 0.1) is 3.57 Å². The number of carboxylic acids is 1. The molecule has 0 amide bonds. The van der Waals surface area contributed by atoms with E-state index in [-0.39, 0.29) is 22.3 Å². The number of carboxylic acid groups (broad SMARTS) is 1. The standard InChI is InChI=1S/C12H16INO5S2/c1-8(20(2)17)5-6-14-21(18,19)9-3-4-11(13)10(7-9)12(15)16/h3-4,7-8,14H,5-6H2,1-2H3,(H,15,16). The number of benzene rings is 1. The number of halogens is 1. The third-order valence-corrected chi connectivity index (χ3v) is 6.66. The van der Waals surface area contributed by atoms with Gasteiger partial charge >= 0.3 is 5.97 Å². The van der Waals surface area contributed by atoms with E-state index in [1.807, 2.05) is 22.6 Å². The van der Waals surface area contributed by atoms with Crippen molar-refractivity contribution in [2.24, 2.45) is 0 Å². The van der Waals surface area contributed by atoms with E-state index >= 15 is 0 Å². The summed E-state index contributed by atoms with van der Waals surface area (Å²) in [5.74, 6) is -1.17. The van der Waals surface area contributed by atoms with Gasteiger partial charge in [0, 0.05) is 32.4 Å². The molecule has 0 fully saturated rings. The molecule has 0 bridgehead atoms. The van der Waals surface area contributed by atoms with E-state index in [1.54, 1.807) is 13.2 Å². The molecule has 2 atom stereocenters. The molecule has 0 aromatic heterocycles. The van der Waals surface area contributed by atoms with E-state index in [2.05, 4.69) is 4.72 Å². The van der Waals surface area contributed by atoms with Crippen LogP contribution >= 0.6 is 22.6 Å². The van der Waals surface area contributed by atoms with Crippen LogP contribution in [0.1, 0.15) is 23.7 Å². The fourth-order valence-corrected chi connectivity index (χ4v) is 3.57. The number of nitrogens with one attached hydrogen (secondary N) is 1. The first-order valence-electron chi connectivity index (χ1n) is 6.00. The Balaban J connectivity index is 2.86. The molecule has 0 saturated carbocycles. The van der Waals surface area contributed by atoms with Crippen molar-refractivity contribution in [1.82, 2.24) is 4.72 Å². The molecular formula is C12H16INO5S2. The summed E-state index contributed by atoms with van der Waals surface area (Å²) in [6.45, 7) is 1.93. The molecule has 0 heterocycles. The predicted molar refractivity (Wildman–Crippen MR) is 89.5 cm³/mol. The van der Waals surface area contributed by atoms with Gasteiger partial charge in [-0.15, -0.1) is 0 Å². The van der Waals surface area contributed by atoms with E-state index < -0.39 is 26.8 Å². The summed E-state index contributed by atoms with van der Waals surface area (Å²) >= 11 is 1.84. The summed E-state index contributed by atoms with van der Waals surface area (Å²) in [7, 11) is -4.78. The Kier molecular flexibility index (Phi) is 6.75. The highest BCUT2D eigenvalue weighted by atomic mass is 127. The summed E-state index contributed by atoms with van der Waals surface area (Å²) in [4.78, 5) is 10.9. The Morgan fingerprint density at radius 1 is 1.48 bits per heavy atom. The summed E-state index contributed by atoms with van der Waals surface area (Å²) in [6.07, 6.45) is 2.01. The first-order chi connectivity index (χ1) is 9.65. The number of hydrogen-bond donors (Lipinski definition) is 2. The van der Waals surface area contributed by atoms with E-state index in [1.165, 1.54) is 12.1 Å². The molecule has 21 heavy (non-hydrogen) atoms. The van der Waals surface area contributed by atoms with Crippen LogP contribution in [-0.2, 0) is 20.8 Å². The van der Waals surface area contributed by atoms with Gasteiger partial charge in [0.2, 0.25) is 10.0 Å². The third-order valence-electron chi connectivity index (χ3n) is 2.89. The van der Waals surface area contributed by atoms with Crippen molar-refractivity contribution >= 4 is 49.4 Å². The van der Waals surface area contributed by atoms with Crippen LogP contribution in [0.3, 0.4) is 0 Å². The van der Waals surface area contributed by atoms with Crippen molar-refractivity contribution in [3.63, 3.8) is 0 Å². The van der Waals surface area contributed by atoms with Crippen molar-refractivity contribution in [2.45, 2.75) is 23.5 Å². The highest BCUT2D eigenvalue weighted by Crippen LogP contribution is 2.18. The molecule has 2 N–H and O–H groups in total. The maximum atomic E-state index is 12.1. The van der Waals surface area contributed by atoms with Crippen molar-refractivity contribution in [2.75, 3.05) is 12.8 Å². The van der Waals surface area contributed by atoms with Gasteiger partial charge in [0.25, 0.3) is 0 Å². The van der Waals surface area contributed by atoms with Crippen LogP contribution in [0.2, 0.25) is 0 Å². The number of carbonyl (C=O) groups is 1. The monoisotopic (exact) mass is 445 g/mol. The molecule has 0 radical (unpaired) electrons. The van der Waals surface area contributed by atoms with Crippen LogP contribution in [0.15, 0.2) is 23.1 Å². The van der Waals surface area contributed by atoms with Gasteiger partial charge in [0.1, 0.15) is 0 Å². The average molecular weight is 445 g/mol. The molecule has 0 saturated heterocycles. The van der Waals surface area contributed by atoms with Gasteiger partial charge in [-0.3, -0.25) is 4.21 Å². The van der Waals surface area contributed by atoms with Gasteiger partial charge in [-0.2, -0.15) is 0 Å². The lowest BCUT2D eigenvalue weighted by molar-refractivity contribution is 0.0695. The van der Waals surface area contributed by atoms with E-state index in [0.717, 1.165) is 6.07 Å². The molecule has 0 aliphatic rings. The summed E-state index contributed by atoms with van der Waals surface area (Å²) in [5, 5.41) is 8.90. The quantitative estimate of drug-likeness (QED) is 0.619. The molecular weight excluding hydrogens is 429 g/mol. The predicted octanol–water partition coefficient (Wildman–Crippen LogP) is 1.42. The van der Waals surface area contributed by atoms with E-state index in [0.29, 0.717) is 9.99 Å². The fourth-order valence-electron chi connectivity index (χ4n) is 1.48. The second-order valence-corrected chi connectivity index (χ2v) is 9.17. The molecule has 1 aromatic rings. The second-order valence-electron chi connectivity index (χ2n) is 4.44. The minimum atomic E-state index is -3.77. The topological polar surface area (TPSA) is 101 Å². The van der Waals surface area contributed by atoms with Crippen molar-refractivity contribution in [3.8, 4) is 0 Å². The van der Waals surface area contributed by atoms with E-state index in [9.17, 15) is 17.4 Å². The average Bonchev–Trinajstić information content (AvgIpc) is 2.38. The zero-order chi connectivity index (χ0) is 16.2. The lowest BCUT2D eigenvalue weighted by atomic mass is 10.2. The second kappa shape index (κ2) is 7.65. The van der Waals surface area contributed by atoms with Crippen molar-refractivity contribution in [1.29, 1.82) is 0 Å². The lowest BCUT2D eigenvalue weighted by Crippen LogP contribution is -2.28. The number of aromatic carboxylic acids is 1. The summed E-state index contributed by atoms with van der Waals surface area (Å²) < 4.78 is 38.2. The van der Waals surface area contributed by atoms with Gasteiger partial charge in [0.05, 0.1) is 10.5 Å². The Morgan fingerprint density at radius 3 is 2.62 bits per heavy atom. The maximum absolute atomic E-state index is 12.1. The van der Waals surface area contributed by atoms with E-state index in [4.69, 9.17) is 5.11 Å². The SMILES string of the molecule is CC(CCNS(=O)(=O)c1ccc(I)c(C(=O)O)c1)S(C)=O. The molecule has 0 spiro atoms. The smallest absolute Gasteiger partial charge is 0.336 e. The lowest BCUT2D eigenvalue weighted by Gasteiger charge is -2.10. The highest BCUT2D eigenvalue weighted by Gasteiger charge is 2.18. The van der Waals surface area contributed by atoms with Crippen LogP contribution in [-0.4, -0.2) is 41.8 Å². The maximum Gasteiger partial charge on any atom is 0.336 e. The molecule has 2 unspecified atom stereocenters. The zero-order valence-corrected chi connectivity index (χ0v) is 15.3. The Morgan fingerprint density at radius 2 is 2.10 bits per heavy atom. The van der Waals surface area contributed by atoms with Gasteiger partial charge in [-0.1, -0.05) is 6.92 Å². The number of rotatable bonds is 7. The van der Waals surface area contributed by atoms with Gasteiger partial charge in [0.15, 0.2) is 0 Å². The summed E-state index contributed by atoms with van der Waals surface area (Å²) in [6, 6.07) is 3.94. The van der Waals surface area contributed by atoms with Gasteiger partial charge in [-0.05, 0) is 47.2 Å². The first-order valence-corrected chi connectivity index (χ1v) is 10.2. The van der Waals surface area contributed by atoms with Crippen molar-refractivity contribution in [3.05, 3.63) is 27.3 Å². The minimum absolute atomic E-state index is 0.0542. The van der Waals surface area contributed by atoms with Crippen LogP contribution < -0.4 is 4.72 Å². The Bertz CT molecular complexity index is 660. The molecule has 6 nitrogen and oxygen atoms in total. The van der Waals surface area contributed by atoms with Gasteiger partial charge in [-0.25, -0.2) is 17.9 Å². The normalized spacial score (nSPS) is 14.6. The van der Waals surface area contributed by atoms with Crippen molar-refractivity contribution < 1.29 is 22.5 Å². The molecule has 1 rings (SSSR count). The summed E-state index contributed by atoms with van der Waals surface area (Å²) in [5.41, 5.74) is -0.0542. The van der Waals surface area contributed by atoms with Crippen LogP contribution in [0.25, 0.3) is 0 Å². The minimum Gasteiger partial charge on any atom is -0.478 e. The number of sulfonamides is 1. The van der Waals surface area contributed by atoms with Crippen LogP contribution in [0.5, 0.6) is 0 Å². The zero-order valence-electron chi connectivity index (χ0n) is 11.5.